The van der Waals surface area contributed by atoms with Crippen molar-refractivity contribution in [3.05, 3.63) is 0 Å². The van der Waals surface area contributed by atoms with Gasteiger partial charge < -0.3 is 0 Å². The van der Waals surface area contributed by atoms with Gasteiger partial charge in [-0.15, -0.1) is 0 Å². The topological polar surface area (TPSA) is 0 Å². The normalized spacial score (nSPS) is 3.00. The van der Waals surface area contributed by atoms with Crippen molar-refractivity contribution in [2.24, 2.45) is 0 Å². The molecule has 0 fully saturated rings. The van der Waals surface area contributed by atoms with Gasteiger partial charge in [-0.05, 0) is 19.5 Å². The van der Waals surface area contributed by atoms with E-state index >= 15 is 0 Å². The summed E-state index contributed by atoms with van der Waals surface area (Å²) in [5.41, 5.74) is 0. The first-order chi connectivity index (χ1) is 1.00. The number of hydrogen-bond acceptors (Lipinski definition) is 0. The van der Waals surface area contributed by atoms with Crippen LogP contribution in [0.15, 0.2) is 0 Å². The van der Waals surface area contributed by atoms with Gasteiger partial charge in [-0.25, -0.2) is 0 Å². The van der Waals surface area contributed by atoms with Crippen molar-refractivity contribution >= 4 is 19.5 Å². The smallest absolute Gasteiger partial charge is 0 e. The predicted molar refractivity (Wildman–Crippen MR) is 19.9 cm³/mol. The molecule has 0 bridgehead atoms. The second-order valence-electron chi connectivity index (χ2n) is 0. The van der Waals surface area contributed by atoms with Gasteiger partial charge in [0.2, 0.25) is 0 Å². The molecular weight excluding hydrogens is 239 g/mol. The third-order valence-corrected chi connectivity index (χ3v) is 0. The third kappa shape index (κ3) is 8.89. The summed E-state index contributed by atoms with van der Waals surface area (Å²) in [7, 11) is 2.89. The van der Waals surface area contributed by atoms with Gasteiger partial charge >= 0.3 is 0 Å². The van der Waals surface area contributed by atoms with Crippen molar-refractivity contribution < 1.29 is 52.4 Å². The van der Waals surface area contributed by atoms with Gasteiger partial charge in [0.05, 0.1) is 0 Å². The molecule has 0 aliphatic heterocycles. The molecule has 4 heavy (non-hydrogen) atoms. The van der Waals surface area contributed by atoms with E-state index < -0.39 is 0 Å². The second-order valence-corrected chi connectivity index (χ2v) is 0. The van der Waals surface area contributed by atoms with Crippen LogP contribution in [0.1, 0.15) is 0 Å². The fourth-order valence-corrected chi connectivity index (χ4v) is 0. The summed E-state index contributed by atoms with van der Waals surface area (Å²) >= 11 is 0. The monoisotopic (exact) mass is 242 g/mol. The van der Waals surface area contributed by atoms with Crippen LogP contribution in [-0.2, 0) is 52.4 Å². The van der Waals surface area contributed by atoms with Gasteiger partial charge in [-0.2, -0.15) is 0 Å². The first-order valence-corrected chi connectivity index (χ1v) is 9.00. The average Bonchev–Trinajstić information content (AvgIpc) is 1.00. The summed E-state index contributed by atoms with van der Waals surface area (Å²) in [6, 6.07) is 0. The van der Waals surface area contributed by atoms with Crippen molar-refractivity contribution in [2.45, 2.75) is 0 Å². The van der Waals surface area contributed by atoms with Crippen LogP contribution in [0.25, 0.3) is 0 Å². The molecule has 0 aliphatic carbocycles. The molecule has 0 rings (SSSR count). The Balaban J connectivity index is -0.00000000500. The Morgan fingerprint density at radius 2 is 0.750 bits per heavy atom. The van der Waals surface area contributed by atoms with Gasteiger partial charge in [0.25, 0.3) is 0 Å². The van der Waals surface area contributed by atoms with E-state index in [1.54, 1.807) is 0 Å². The van der Waals surface area contributed by atoms with Crippen LogP contribution >= 0.6 is 0 Å². The largest absolute Gasteiger partial charge is 0.0125 e. The van der Waals surface area contributed by atoms with E-state index in [2.05, 4.69) is 0 Å². The molecule has 0 spiro atoms. The molecule has 0 N–H and O–H groups in total. The van der Waals surface area contributed by atoms with Gasteiger partial charge in [0.15, 0.2) is 0 Å². The molecule has 0 saturated carbocycles. The van der Waals surface area contributed by atoms with Gasteiger partial charge in [-0.1, -0.05) is 0 Å². The Morgan fingerprint density at radius 1 is 0.750 bits per heavy atom. The van der Waals surface area contributed by atoms with Gasteiger partial charge in [-0.3, -0.25) is 0 Å². The van der Waals surface area contributed by atoms with E-state index in [0.717, 1.165) is 0 Å². The number of rotatable bonds is 0. The molecule has 0 aromatic rings. The van der Waals surface area contributed by atoms with Crippen LogP contribution in [0.4, 0.5) is 0 Å². The third-order valence-electron chi connectivity index (χ3n) is 0. The maximum absolute atomic E-state index is 1.44. The minimum Gasteiger partial charge on any atom is -0.0125 e. The molecule has 22 valence electrons. The van der Waals surface area contributed by atoms with E-state index in [1.165, 1.54) is 19.5 Å². The SMILES string of the molecule is [SiH3][SiH3].[Zr].[Zr]. The Hall–Kier alpha value is 2.20. The van der Waals surface area contributed by atoms with E-state index in [-0.39, 0.29) is 52.4 Å². The van der Waals surface area contributed by atoms with Crippen LogP contribution in [-0.4, -0.2) is 19.5 Å². The van der Waals surface area contributed by atoms with E-state index in [1.807, 2.05) is 0 Å². The zero-order valence-electron chi connectivity index (χ0n) is 3.00. The molecule has 0 saturated heterocycles. The van der Waals surface area contributed by atoms with Gasteiger partial charge in [0, 0.05) is 52.4 Å². The summed E-state index contributed by atoms with van der Waals surface area (Å²) in [4.78, 5) is 0. The molecule has 0 radical (unpaired) electrons. The van der Waals surface area contributed by atoms with Crippen molar-refractivity contribution in [1.29, 1.82) is 0 Å². The molecular formula is H6Si2Zr2. The van der Waals surface area contributed by atoms with Crippen LogP contribution in [0, 0.1) is 0 Å². The Bertz CT molecular complexity index is 4.00. The van der Waals surface area contributed by atoms with E-state index in [9.17, 15) is 0 Å². The van der Waals surface area contributed by atoms with Gasteiger partial charge in [0.1, 0.15) is 0 Å². The number of hydrogen-bond donors (Lipinski definition) is 0. The molecule has 0 unspecified atom stereocenters. The summed E-state index contributed by atoms with van der Waals surface area (Å²) in [5, 5.41) is 0. The van der Waals surface area contributed by atoms with Crippen LogP contribution in [0.5, 0.6) is 0 Å². The molecule has 0 amide bonds. The van der Waals surface area contributed by atoms with Crippen LogP contribution in [0.2, 0.25) is 0 Å². The zero-order valence-corrected chi connectivity index (χ0v) is 11.9. The minimum absolute atomic E-state index is 0. The molecule has 0 atom stereocenters. The van der Waals surface area contributed by atoms with E-state index in [4.69, 9.17) is 0 Å². The first kappa shape index (κ1) is 16.4. The Morgan fingerprint density at radius 3 is 0.750 bits per heavy atom. The molecule has 0 aromatic heterocycles. The predicted octanol–water partition coefficient (Wildman–Crippen LogP) is -2.37. The Kier molecular flexibility index (Phi) is 77.6. The van der Waals surface area contributed by atoms with Crippen molar-refractivity contribution in [1.82, 2.24) is 0 Å². The van der Waals surface area contributed by atoms with Crippen molar-refractivity contribution in [3.63, 3.8) is 0 Å². The second kappa shape index (κ2) is 19.0. The fourth-order valence-electron chi connectivity index (χ4n) is 0. The van der Waals surface area contributed by atoms with E-state index in [0.29, 0.717) is 0 Å². The molecule has 0 heterocycles. The molecule has 4 heteroatoms. The molecule has 0 aromatic carbocycles. The summed E-state index contributed by atoms with van der Waals surface area (Å²) in [5.74, 6) is 0. The summed E-state index contributed by atoms with van der Waals surface area (Å²) < 4.78 is 0. The van der Waals surface area contributed by atoms with Crippen LogP contribution in [0.3, 0.4) is 0 Å². The van der Waals surface area contributed by atoms with Crippen LogP contribution < -0.4 is 0 Å². The molecule has 0 nitrogen and oxygen atoms in total. The van der Waals surface area contributed by atoms with Crippen molar-refractivity contribution in [2.75, 3.05) is 0 Å². The summed E-state index contributed by atoms with van der Waals surface area (Å²) in [6.07, 6.45) is 0. The summed E-state index contributed by atoms with van der Waals surface area (Å²) in [6.45, 7) is 0. The minimum atomic E-state index is 0. The quantitative estimate of drug-likeness (QED) is 0.418. The first-order valence-electron chi connectivity index (χ1n) is 1.00. The maximum atomic E-state index is 1.44. The fraction of sp³-hybridized carbons (Fsp3) is 0. The average molecular weight is 245 g/mol. The zero-order chi connectivity index (χ0) is 2.00. The van der Waals surface area contributed by atoms with Crippen molar-refractivity contribution in [3.8, 4) is 0 Å². The molecule has 0 aliphatic rings. The maximum Gasteiger partial charge on any atom is 0 e. The standard InChI is InChI=1S/H6Si2.2Zr/c1-2;;/h1-2H3;;. The Labute approximate surface area is 71.0 Å².